The van der Waals surface area contributed by atoms with Gasteiger partial charge >= 0.3 is 7.12 Å². The van der Waals surface area contributed by atoms with Gasteiger partial charge in [-0.2, -0.15) is 0 Å². The van der Waals surface area contributed by atoms with Gasteiger partial charge in [0.1, 0.15) is 12.4 Å². The Morgan fingerprint density at radius 3 is 2.08 bits per heavy atom. The lowest BCUT2D eigenvalue weighted by Gasteiger charge is -2.32. The molecule has 3 nitrogen and oxygen atoms in total. The highest BCUT2D eigenvalue weighted by Gasteiger charge is 2.51. The molecule has 0 saturated carbocycles. The van der Waals surface area contributed by atoms with Crippen LogP contribution in [0.15, 0.2) is 53.0 Å². The van der Waals surface area contributed by atoms with Crippen molar-refractivity contribution < 1.29 is 14.0 Å². The lowest BCUT2D eigenvalue weighted by Crippen LogP contribution is -2.41. The molecule has 0 atom stereocenters. The molecule has 0 bridgehead atoms. The van der Waals surface area contributed by atoms with Crippen molar-refractivity contribution in [3.63, 3.8) is 0 Å². The number of hydrogen-bond donors (Lipinski definition) is 0. The summed E-state index contributed by atoms with van der Waals surface area (Å²) in [5, 5.41) is 0. The van der Waals surface area contributed by atoms with Gasteiger partial charge in [-0.1, -0.05) is 36.4 Å². The predicted molar refractivity (Wildman–Crippen MR) is 101 cm³/mol. The summed E-state index contributed by atoms with van der Waals surface area (Å²) < 4.78 is 19.0. The molecule has 0 spiro atoms. The van der Waals surface area contributed by atoms with Gasteiger partial charge in [-0.05, 0) is 66.8 Å². The Bertz CT molecular complexity index is 697. The first kappa shape index (κ1) is 17.5. The van der Waals surface area contributed by atoms with E-state index >= 15 is 0 Å². The minimum absolute atomic E-state index is 0.320. The number of hydrogen-bond acceptors (Lipinski definition) is 3. The van der Waals surface area contributed by atoms with Crippen molar-refractivity contribution in [1.29, 1.82) is 0 Å². The molecule has 0 N–H and O–H groups in total. The fraction of sp³-hybridized carbons (Fsp3) is 0.368. The maximum absolute atomic E-state index is 6.08. The van der Waals surface area contributed by atoms with E-state index in [9.17, 15) is 0 Å². The Morgan fingerprint density at radius 1 is 0.917 bits per heavy atom. The molecule has 2 aromatic carbocycles. The van der Waals surface area contributed by atoms with Crippen LogP contribution in [0.1, 0.15) is 33.3 Å². The van der Waals surface area contributed by atoms with Gasteiger partial charge in [-0.3, -0.25) is 0 Å². The maximum atomic E-state index is 6.08. The normalized spacial score (nSPS) is 18.6. The topological polar surface area (TPSA) is 27.7 Å². The number of rotatable bonds is 4. The predicted octanol–water partition coefficient (Wildman–Crippen LogP) is 4.33. The summed E-state index contributed by atoms with van der Waals surface area (Å²) in [5.74, 6) is 0.840. The van der Waals surface area contributed by atoms with Crippen molar-refractivity contribution in [2.75, 3.05) is 0 Å². The zero-order valence-electron chi connectivity index (χ0n) is 14.5. The Hall–Kier alpha value is -1.30. The molecule has 126 valence electrons. The maximum Gasteiger partial charge on any atom is 0.494 e. The van der Waals surface area contributed by atoms with Crippen LogP contribution in [-0.2, 0) is 15.9 Å². The van der Waals surface area contributed by atoms with Gasteiger partial charge in [0, 0.05) is 0 Å². The molecule has 1 aliphatic heterocycles. The van der Waals surface area contributed by atoms with Gasteiger partial charge in [0.25, 0.3) is 0 Å². The van der Waals surface area contributed by atoms with Crippen molar-refractivity contribution in [2.24, 2.45) is 0 Å². The van der Waals surface area contributed by atoms with E-state index in [0.717, 1.165) is 21.2 Å². The van der Waals surface area contributed by atoms with Gasteiger partial charge in [-0.25, -0.2) is 0 Å². The van der Waals surface area contributed by atoms with E-state index in [1.807, 2.05) is 36.4 Å². The van der Waals surface area contributed by atoms with Gasteiger partial charge in [0.15, 0.2) is 0 Å². The van der Waals surface area contributed by atoms with Crippen LogP contribution in [-0.4, -0.2) is 18.3 Å². The summed E-state index contributed by atoms with van der Waals surface area (Å²) in [7, 11) is -0.326. The van der Waals surface area contributed by atoms with E-state index in [1.54, 1.807) is 0 Å². The second kappa shape index (κ2) is 6.55. The number of para-hydroxylation sites is 1. The van der Waals surface area contributed by atoms with E-state index < -0.39 is 0 Å². The Labute approximate surface area is 152 Å². The Kier molecular flexibility index (Phi) is 4.78. The van der Waals surface area contributed by atoms with Crippen molar-refractivity contribution in [1.82, 2.24) is 0 Å². The average molecular weight is 389 g/mol. The third-order valence-electron chi connectivity index (χ3n) is 4.74. The van der Waals surface area contributed by atoms with E-state index in [0.29, 0.717) is 6.61 Å². The first-order valence-electron chi connectivity index (χ1n) is 8.10. The van der Waals surface area contributed by atoms with Crippen LogP contribution >= 0.6 is 15.9 Å². The third-order valence-corrected chi connectivity index (χ3v) is 5.39. The second-order valence-corrected chi connectivity index (χ2v) is 7.90. The van der Waals surface area contributed by atoms with Crippen molar-refractivity contribution in [3.8, 4) is 5.75 Å². The molecule has 0 aromatic heterocycles. The van der Waals surface area contributed by atoms with Crippen molar-refractivity contribution in [3.05, 3.63) is 58.6 Å². The summed E-state index contributed by atoms with van der Waals surface area (Å²) in [6.45, 7) is 8.77. The minimum Gasteiger partial charge on any atom is -0.488 e. The number of ether oxygens (including phenoxy) is 1. The number of benzene rings is 2. The zero-order chi connectivity index (χ0) is 17.4. The smallest absolute Gasteiger partial charge is 0.488 e. The second-order valence-electron chi connectivity index (χ2n) is 7.05. The van der Waals surface area contributed by atoms with Gasteiger partial charge in [-0.15, -0.1) is 0 Å². The summed E-state index contributed by atoms with van der Waals surface area (Å²) in [6.07, 6.45) is 0. The molecule has 1 saturated heterocycles. The molecule has 0 aliphatic carbocycles. The van der Waals surface area contributed by atoms with Crippen LogP contribution in [0.25, 0.3) is 0 Å². The number of halogens is 1. The molecule has 5 heteroatoms. The average Bonchev–Trinajstić information content (AvgIpc) is 2.75. The van der Waals surface area contributed by atoms with Crippen LogP contribution in [0.2, 0.25) is 0 Å². The molecule has 3 rings (SSSR count). The van der Waals surface area contributed by atoms with Gasteiger partial charge in [0.2, 0.25) is 0 Å². The van der Waals surface area contributed by atoms with Crippen LogP contribution in [0.4, 0.5) is 0 Å². The monoisotopic (exact) mass is 388 g/mol. The summed E-state index contributed by atoms with van der Waals surface area (Å²) in [6, 6.07) is 16.0. The molecular weight excluding hydrogens is 367 g/mol. The first-order chi connectivity index (χ1) is 11.3. The van der Waals surface area contributed by atoms with E-state index in [1.165, 1.54) is 0 Å². The van der Waals surface area contributed by atoms with E-state index in [2.05, 4.69) is 55.8 Å². The molecule has 1 fully saturated rings. The molecule has 0 amide bonds. The fourth-order valence-corrected chi connectivity index (χ4v) is 2.87. The molecule has 2 aromatic rings. The molecular formula is C19H22BBrO3. The quantitative estimate of drug-likeness (QED) is 0.729. The highest BCUT2D eigenvalue weighted by molar-refractivity contribution is 9.10. The highest BCUT2D eigenvalue weighted by atomic mass is 79.9. The molecule has 0 radical (unpaired) electrons. The van der Waals surface area contributed by atoms with Crippen LogP contribution in [0, 0.1) is 0 Å². The summed E-state index contributed by atoms with van der Waals surface area (Å²) in [4.78, 5) is 0. The summed E-state index contributed by atoms with van der Waals surface area (Å²) >= 11 is 3.49. The largest absolute Gasteiger partial charge is 0.494 e. The Balaban J connectivity index is 1.65. The molecule has 1 heterocycles. The standard InChI is InChI=1S/C19H22BBrO3/c1-18(2)19(3,4)24-20(23-18)15-11-9-14(10-12-15)13-22-17-8-6-5-7-16(17)21/h5-12H,13H2,1-4H3. The van der Waals surface area contributed by atoms with Crippen LogP contribution < -0.4 is 10.2 Å². The van der Waals surface area contributed by atoms with Gasteiger partial charge in [0.05, 0.1) is 15.7 Å². The fourth-order valence-electron chi connectivity index (χ4n) is 2.47. The van der Waals surface area contributed by atoms with Crippen molar-refractivity contribution >= 4 is 28.5 Å². The van der Waals surface area contributed by atoms with Gasteiger partial charge < -0.3 is 14.0 Å². The molecule has 1 aliphatic rings. The third kappa shape index (κ3) is 3.53. The Morgan fingerprint density at radius 2 is 1.50 bits per heavy atom. The lowest BCUT2D eigenvalue weighted by molar-refractivity contribution is 0.00578. The van der Waals surface area contributed by atoms with E-state index in [-0.39, 0.29) is 18.3 Å². The summed E-state index contributed by atoms with van der Waals surface area (Å²) in [5.41, 5.74) is 1.49. The molecule has 0 unspecified atom stereocenters. The SMILES string of the molecule is CC1(C)OB(c2ccc(COc3ccccc3Br)cc2)OC1(C)C. The lowest BCUT2D eigenvalue weighted by atomic mass is 9.79. The zero-order valence-corrected chi connectivity index (χ0v) is 16.1. The van der Waals surface area contributed by atoms with Crippen LogP contribution in [0.3, 0.4) is 0 Å². The van der Waals surface area contributed by atoms with Crippen molar-refractivity contribution in [2.45, 2.75) is 45.5 Å². The highest BCUT2D eigenvalue weighted by Crippen LogP contribution is 2.36. The first-order valence-corrected chi connectivity index (χ1v) is 8.90. The van der Waals surface area contributed by atoms with Crippen LogP contribution in [0.5, 0.6) is 5.75 Å². The minimum atomic E-state index is -0.326. The van der Waals surface area contributed by atoms with E-state index in [4.69, 9.17) is 14.0 Å². The molecule has 24 heavy (non-hydrogen) atoms.